The molecular formula is C11H12Cl3N. The third-order valence-electron chi connectivity index (χ3n) is 2.09. The van der Waals surface area contributed by atoms with Gasteiger partial charge in [0.2, 0.25) is 0 Å². The summed E-state index contributed by atoms with van der Waals surface area (Å²) in [4.78, 5) is 0. The Morgan fingerprint density at radius 3 is 2.53 bits per heavy atom. The fourth-order valence-corrected chi connectivity index (χ4v) is 1.76. The van der Waals surface area contributed by atoms with Gasteiger partial charge in [0, 0.05) is 23.2 Å². The summed E-state index contributed by atoms with van der Waals surface area (Å²) in [6, 6.07) is 3.63. The summed E-state index contributed by atoms with van der Waals surface area (Å²) >= 11 is 18.0. The molecule has 1 aromatic rings. The van der Waals surface area contributed by atoms with E-state index in [1.165, 1.54) is 0 Å². The molecule has 1 aromatic carbocycles. The number of benzene rings is 1. The van der Waals surface area contributed by atoms with Crippen LogP contribution in [0, 0.1) is 0 Å². The number of halogens is 3. The van der Waals surface area contributed by atoms with Gasteiger partial charge in [-0.15, -0.1) is 6.58 Å². The molecule has 0 saturated heterocycles. The van der Waals surface area contributed by atoms with Crippen molar-refractivity contribution in [3.8, 4) is 0 Å². The van der Waals surface area contributed by atoms with Crippen LogP contribution >= 0.6 is 34.8 Å². The van der Waals surface area contributed by atoms with Gasteiger partial charge in [0.05, 0.1) is 10.0 Å². The molecule has 0 bridgehead atoms. The molecule has 1 atom stereocenters. The molecule has 0 aliphatic heterocycles. The highest BCUT2D eigenvalue weighted by Crippen LogP contribution is 2.31. The first-order valence-corrected chi connectivity index (χ1v) is 5.68. The number of hydrogen-bond donors (Lipinski definition) is 1. The van der Waals surface area contributed by atoms with Gasteiger partial charge >= 0.3 is 0 Å². The number of nitrogens with one attached hydrogen (secondary N) is 1. The molecule has 15 heavy (non-hydrogen) atoms. The van der Waals surface area contributed by atoms with Crippen molar-refractivity contribution in [2.24, 2.45) is 0 Å². The molecule has 0 spiro atoms. The predicted octanol–water partition coefficient (Wildman–Crippen LogP) is 4.31. The van der Waals surface area contributed by atoms with E-state index in [1.807, 2.05) is 13.0 Å². The third kappa shape index (κ3) is 3.39. The van der Waals surface area contributed by atoms with Crippen LogP contribution in [0.1, 0.15) is 12.5 Å². The van der Waals surface area contributed by atoms with E-state index in [4.69, 9.17) is 34.8 Å². The molecule has 1 N–H and O–H groups in total. The zero-order chi connectivity index (χ0) is 11.4. The molecule has 0 aliphatic carbocycles. The second kappa shape index (κ2) is 5.76. The molecule has 0 amide bonds. The Hall–Kier alpha value is -0.210. The first-order valence-electron chi connectivity index (χ1n) is 4.54. The summed E-state index contributed by atoms with van der Waals surface area (Å²) in [6.07, 6.45) is 1.81. The summed E-state index contributed by atoms with van der Waals surface area (Å²) < 4.78 is 0. The van der Waals surface area contributed by atoms with Crippen LogP contribution in [0.3, 0.4) is 0 Å². The van der Waals surface area contributed by atoms with E-state index in [0.29, 0.717) is 21.6 Å². The Kier molecular flexibility index (Phi) is 4.94. The lowest BCUT2D eigenvalue weighted by Crippen LogP contribution is -2.23. The standard InChI is InChI=1S/C11H12Cl3N/c1-3-7(2)15-6-8-9(12)4-5-10(13)11(8)14/h3-5,7,15H,1,6H2,2H3. The van der Waals surface area contributed by atoms with E-state index in [9.17, 15) is 0 Å². The lowest BCUT2D eigenvalue weighted by Gasteiger charge is -2.12. The first kappa shape index (κ1) is 12.9. The van der Waals surface area contributed by atoms with Crippen LogP contribution in [0.2, 0.25) is 15.1 Å². The van der Waals surface area contributed by atoms with Crippen molar-refractivity contribution in [3.05, 3.63) is 45.4 Å². The van der Waals surface area contributed by atoms with Crippen molar-refractivity contribution in [1.82, 2.24) is 5.32 Å². The molecule has 0 aromatic heterocycles. The zero-order valence-corrected chi connectivity index (χ0v) is 10.6. The largest absolute Gasteiger partial charge is 0.307 e. The average Bonchev–Trinajstić information content (AvgIpc) is 2.23. The molecule has 0 aliphatic rings. The van der Waals surface area contributed by atoms with Crippen molar-refractivity contribution >= 4 is 34.8 Å². The summed E-state index contributed by atoms with van der Waals surface area (Å²) in [5.74, 6) is 0. The summed E-state index contributed by atoms with van der Waals surface area (Å²) in [5, 5.41) is 4.86. The minimum atomic E-state index is 0.205. The van der Waals surface area contributed by atoms with Gasteiger partial charge in [0.1, 0.15) is 0 Å². The van der Waals surface area contributed by atoms with Crippen molar-refractivity contribution in [1.29, 1.82) is 0 Å². The minimum absolute atomic E-state index is 0.205. The second-order valence-electron chi connectivity index (χ2n) is 3.23. The van der Waals surface area contributed by atoms with Gasteiger partial charge in [-0.05, 0) is 19.1 Å². The van der Waals surface area contributed by atoms with Crippen molar-refractivity contribution in [3.63, 3.8) is 0 Å². The molecule has 1 nitrogen and oxygen atoms in total. The Morgan fingerprint density at radius 1 is 1.33 bits per heavy atom. The second-order valence-corrected chi connectivity index (χ2v) is 4.42. The normalized spacial score (nSPS) is 12.5. The van der Waals surface area contributed by atoms with Crippen LogP contribution in [0.4, 0.5) is 0 Å². The van der Waals surface area contributed by atoms with Gasteiger partial charge in [-0.3, -0.25) is 0 Å². The molecule has 4 heteroatoms. The highest BCUT2D eigenvalue weighted by atomic mass is 35.5. The maximum absolute atomic E-state index is 6.04. The maximum Gasteiger partial charge on any atom is 0.0652 e. The molecule has 82 valence electrons. The van der Waals surface area contributed by atoms with Crippen molar-refractivity contribution in [2.45, 2.75) is 19.5 Å². The van der Waals surface area contributed by atoms with E-state index in [1.54, 1.807) is 12.1 Å². The van der Waals surface area contributed by atoms with Crippen LogP contribution in [0.15, 0.2) is 24.8 Å². The van der Waals surface area contributed by atoms with Crippen LogP contribution in [-0.2, 0) is 6.54 Å². The Morgan fingerprint density at radius 2 is 1.93 bits per heavy atom. The van der Waals surface area contributed by atoms with Gasteiger partial charge in [0.25, 0.3) is 0 Å². The lowest BCUT2D eigenvalue weighted by molar-refractivity contribution is 0.634. The minimum Gasteiger partial charge on any atom is -0.307 e. The third-order valence-corrected chi connectivity index (χ3v) is 3.29. The zero-order valence-electron chi connectivity index (χ0n) is 8.36. The van der Waals surface area contributed by atoms with Crippen LogP contribution in [0.5, 0.6) is 0 Å². The van der Waals surface area contributed by atoms with Gasteiger partial charge in [-0.2, -0.15) is 0 Å². The van der Waals surface area contributed by atoms with E-state index in [0.717, 1.165) is 5.56 Å². The fraction of sp³-hybridized carbons (Fsp3) is 0.273. The van der Waals surface area contributed by atoms with Gasteiger partial charge in [0.15, 0.2) is 0 Å². The van der Waals surface area contributed by atoms with E-state index < -0.39 is 0 Å². The maximum atomic E-state index is 6.04. The van der Waals surface area contributed by atoms with Crippen LogP contribution in [0.25, 0.3) is 0 Å². The van der Waals surface area contributed by atoms with Gasteiger partial charge in [-0.1, -0.05) is 40.9 Å². The predicted molar refractivity (Wildman–Crippen MR) is 68.0 cm³/mol. The highest BCUT2D eigenvalue weighted by molar-refractivity contribution is 6.44. The summed E-state index contributed by atoms with van der Waals surface area (Å²) in [5.41, 5.74) is 0.819. The molecule has 1 rings (SSSR count). The Balaban J connectivity index is 2.84. The number of hydrogen-bond acceptors (Lipinski definition) is 1. The quantitative estimate of drug-likeness (QED) is 0.631. The number of rotatable bonds is 4. The van der Waals surface area contributed by atoms with E-state index >= 15 is 0 Å². The molecule has 0 fully saturated rings. The van der Waals surface area contributed by atoms with Crippen LogP contribution < -0.4 is 5.32 Å². The Labute approximate surface area is 105 Å². The van der Waals surface area contributed by atoms with E-state index in [2.05, 4.69) is 11.9 Å². The summed E-state index contributed by atoms with van der Waals surface area (Å²) in [6.45, 7) is 6.25. The smallest absolute Gasteiger partial charge is 0.0652 e. The van der Waals surface area contributed by atoms with Gasteiger partial charge in [-0.25, -0.2) is 0 Å². The van der Waals surface area contributed by atoms with Crippen LogP contribution in [-0.4, -0.2) is 6.04 Å². The van der Waals surface area contributed by atoms with Crippen molar-refractivity contribution < 1.29 is 0 Å². The molecule has 0 saturated carbocycles. The Bertz CT molecular complexity index is 363. The van der Waals surface area contributed by atoms with E-state index in [-0.39, 0.29) is 6.04 Å². The van der Waals surface area contributed by atoms with Gasteiger partial charge < -0.3 is 5.32 Å². The fourth-order valence-electron chi connectivity index (χ4n) is 1.08. The molecule has 0 heterocycles. The molecular weight excluding hydrogens is 252 g/mol. The lowest BCUT2D eigenvalue weighted by atomic mass is 10.2. The first-order chi connectivity index (χ1) is 7.06. The molecule has 1 unspecified atom stereocenters. The monoisotopic (exact) mass is 263 g/mol. The SMILES string of the molecule is C=CC(C)NCc1c(Cl)ccc(Cl)c1Cl. The molecule has 0 radical (unpaired) electrons. The average molecular weight is 265 g/mol. The topological polar surface area (TPSA) is 12.0 Å². The summed E-state index contributed by atoms with van der Waals surface area (Å²) in [7, 11) is 0. The highest BCUT2D eigenvalue weighted by Gasteiger charge is 2.09. The van der Waals surface area contributed by atoms with Crippen molar-refractivity contribution in [2.75, 3.05) is 0 Å².